The Kier molecular flexibility index (Phi) is 2.22. The maximum absolute atomic E-state index is 5.65. The molecule has 0 aliphatic heterocycles. The second-order valence-corrected chi connectivity index (χ2v) is 3.54. The summed E-state index contributed by atoms with van der Waals surface area (Å²) in [5.41, 5.74) is 0. The highest BCUT2D eigenvalue weighted by Crippen LogP contribution is 2.34. The van der Waals surface area contributed by atoms with Crippen LogP contribution in [0.1, 0.15) is 0 Å². The average Bonchev–Trinajstić information content (AvgIpc) is 2.13. The third kappa shape index (κ3) is 1.51. The number of thiophene rings is 1. The van der Waals surface area contributed by atoms with Gasteiger partial charge in [-0.1, -0.05) is 23.2 Å². The first-order valence-corrected chi connectivity index (χ1v) is 3.94. The van der Waals surface area contributed by atoms with Crippen LogP contribution >= 0.6 is 34.5 Å². The van der Waals surface area contributed by atoms with Gasteiger partial charge in [0.25, 0.3) is 0 Å². The molecule has 1 nitrogen and oxygen atoms in total. The van der Waals surface area contributed by atoms with Crippen molar-refractivity contribution in [2.45, 2.75) is 0 Å². The van der Waals surface area contributed by atoms with Gasteiger partial charge in [-0.2, -0.15) is 0 Å². The molecular weight excluding hydrogens is 177 g/mol. The number of halogens is 2. The Morgan fingerprint density at radius 2 is 2.22 bits per heavy atom. The van der Waals surface area contributed by atoms with Gasteiger partial charge in [-0.15, -0.1) is 11.3 Å². The summed E-state index contributed by atoms with van der Waals surface area (Å²) in [4.78, 5) is 0. The summed E-state index contributed by atoms with van der Waals surface area (Å²) < 4.78 is 0.640. The molecule has 1 aromatic rings. The molecule has 9 heavy (non-hydrogen) atoms. The lowest BCUT2D eigenvalue weighted by molar-refractivity contribution is 1.60. The van der Waals surface area contributed by atoms with Crippen molar-refractivity contribution in [2.75, 3.05) is 12.4 Å². The predicted octanol–water partition coefficient (Wildman–Crippen LogP) is 3.10. The first kappa shape index (κ1) is 7.19. The molecule has 1 rings (SSSR count). The van der Waals surface area contributed by atoms with Crippen LogP contribution in [0, 0.1) is 0 Å². The fourth-order valence-electron chi connectivity index (χ4n) is 0.470. The Morgan fingerprint density at radius 1 is 1.56 bits per heavy atom. The molecule has 1 aromatic heterocycles. The molecule has 0 aromatic carbocycles. The van der Waals surface area contributed by atoms with E-state index in [2.05, 4.69) is 5.32 Å². The normalized spacial score (nSPS) is 9.67. The molecule has 0 amide bonds. The minimum atomic E-state index is 0.617. The fourth-order valence-corrected chi connectivity index (χ4v) is 1.69. The van der Waals surface area contributed by atoms with E-state index in [1.807, 2.05) is 7.05 Å². The van der Waals surface area contributed by atoms with Gasteiger partial charge in [0.05, 0.1) is 10.0 Å². The second-order valence-electron chi connectivity index (χ2n) is 1.48. The van der Waals surface area contributed by atoms with Gasteiger partial charge in [0.2, 0.25) is 0 Å². The van der Waals surface area contributed by atoms with Gasteiger partial charge in [0.15, 0.2) is 0 Å². The van der Waals surface area contributed by atoms with Crippen LogP contribution in [0.3, 0.4) is 0 Å². The Hall–Kier alpha value is 0.0800. The molecule has 1 heterocycles. The Morgan fingerprint density at radius 3 is 2.44 bits per heavy atom. The summed E-state index contributed by atoms with van der Waals surface area (Å²) >= 11 is 12.7. The van der Waals surface area contributed by atoms with Crippen molar-refractivity contribution in [1.82, 2.24) is 0 Å². The molecule has 4 heteroatoms. The van der Waals surface area contributed by atoms with Crippen molar-refractivity contribution < 1.29 is 0 Å². The zero-order valence-corrected chi connectivity index (χ0v) is 7.07. The van der Waals surface area contributed by atoms with E-state index in [1.165, 1.54) is 11.3 Å². The molecule has 0 aliphatic carbocycles. The van der Waals surface area contributed by atoms with E-state index >= 15 is 0 Å². The fraction of sp³-hybridized carbons (Fsp3) is 0.200. The quantitative estimate of drug-likeness (QED) is 0.703. The van der Waals surface area contributed by atoms with Crippen LogP contribution in [0.25, 0.3) is 0 Å². The first-order valence-electron chi connectivity index (χ1n) is 2.36. The molecule has 50 valence electrons. The summed E-state index contributed by atoms with van der Waals surface area (Å²) in [5.74, 6) is 0. The molecule has 0 saturated carbocycles. The van der Waals surface area contributed by atoms with E-state index in [1.54, 1.807) is 6.07 Å². The lowest BCUT2D eigenvalue weighted by atomic mass is 10.6. The van der Waals surface area contributed by atoms with E-state index in [0.717, 1.165) is 5.00 Å². The van der Waals surface area contributed by atoms with Crippen LogP contribution < -0.4 is 5.32 Å². The second kappa shape index (κ2) is 2.78. The Balaban J connectivity index is 2.98. The van der Waals surface area contributed by atoms with Crippen LogP contribution in [0.5, 0.6) is 0 Å². The first-order chi connectivity index (χ1) is 4.24. The molecule has 0 radical (unpaired) electrons. The van der Waals surface area contributed by atoms with Crippen molar-refractivity contribution in [1.29, 1.82) is 0 Å². The van der Waals surface area contributed by atoms with E-state index in [9.17, 15) is 0 Å². The third-order valence-corrected chi connectivity index (χ3v) is 2.77. The van der Waals surface area contributed by atoms with E-state index in [4.69, 9.17) is 23.2 Å². The van der Waals surface area contributed by atoms with Gasteiger partial charge in [-0.3, -0.25) is 0 Å². The lowest BCUT2D eigenvalue weighted by Gasteiger charge is -1.86. The van der Waals surface area contributed by atoms with Gasteiger partial charge < -0.3 is 5.32 Å². The molecule has 0 atom stereocenters. The molecular formula is C5H5Cl2NS. The lowest BCUT2D eigenvalue weighted by Crippen LogP contribution is -1.79. The molecule has 0 spiro atoms. The minimum absolute atomic E-state index is 0.617. The van der Waals surface area contributed by atoms with E-state index in [0.29, 0.717) is 9.36 Å². The number of nitrogens with one attached hydrogen (secondary N) is 1. The highest BCUT2D eigenvalue weighted by Gasteiger charge is 2.01. The van der Waals surface area contributed by atoms with Crippen LogP contribution in [-0.2, 0) is 0 Å². The molecule has 1 N–H and O–H groups in total. The number of hydrogen-bond acceptors (Lipinski definition) is 2. The molecule has 0 bridgehead atoms. The maximum atomic E-state index is 5.65. The number of hydrogen-bond donors (Lipinski definition) is 1. The van der Waals surface area contributed by atoms with Crippen molar-refractivity contribution in [3.05, 3.63) is 15.4 Å². The van der Waals surface area contributed by atoms with E-state index < -0.39 is 0 Å². The Labute approximate surface area is 67.6 Å². The third-order valence-electron chi connectivity index (χ3n) is 0.892. The summed E-state index contributed by atoms with van der Waals surface area (Å²) in [6.45, 7) is 0. The zero-order chi connectivity index (χ0) is 6.85. The van der Waals surface area contributed by atoms with Gasteiger partial charge in [0, 0.05) is 7.05 Å². The topological polar surface area (TPSA) is 12.0 Å². The van der Waals surface area contributed by atoms with Gasteiger partial charge in [-0.25, -0.2) is 0 Å². The molecule has 0 unspecified atom stereocenters. The molecule has 0 fully saturated rings. The maximum Gasteiger partial charge on any atom is 0.114 e. The highest BCUT2D eigenvalue weighted by molar-refractivity contribution is 7.20. The number of anilines is 1. The summed E-state index contributed by atoms with van der Waals surface area (Å²) in [6, 6.07) is 1.80. The van der Waals surface area contributed by atoms with Crippen LogP contribution in [0.2, 0.25) is 9.36 Å². The average molecular weight is 182 g/mol. The smallest absolute Gasteiger partial charge is 0.114 e. The van der Waals surface area contributed by atoms with E-state index in [-0.39, 0.29) is 0 Å². The monoisotopic (exact) mass is 181 g/mol. The zero-order valence-electron chi connectivity index (χ0n) is 4.74. The van der Waals surface area contributed by atoms with Crippen molar-refractivity contribution in [3.8, 4) is 0 Å². The molecule has 0 saturated heterocycles. The Bertz CT molecular complexity index is 189. The minimum Gasteiger partial charge on any atom is -0.380 e. The van der Waals surface area contributed by atoms with Crippen molar-refractivity contribution in [2.24, 2.45) is 0 Å². The van der Waals surface area contributed by atoms with Gasteiger partial charge in [-0.05, 0) is 6.07 Å². The standard InChI is InChI=1S/C5H5Cl2NS/c1-8-4-2-3(6)5(7)9-4/h2,8H,1H3. The summed E-state index contributed by atoms with van der Waals surface area (Å²) in [5, 5.41) is 4.55. The van der Waals surface area contributed by atoms with Crippen LogP contribution in [0.15, 0.2) is 6.07 Å². The summed E-state index contributed by atoms with van der Waals surface area (Å²) in [6.07, 6.45) is 0. The largest absolute Gasteiger partial charge is 0.380 e. The molecule has 0 aliphatic rings. The SMILES string of the molecule is CNc1cc(Cl)c(Cl)s1. The van der Waals surface area contributed by atoms with Gasteiger partial charge in [0.1, 0.15) is 4.34 Å². The number of rotatable bonds is 1. The van der Waals surface area contributed by atoms with Gasteiger partial charge >= 0.3 is 0 Å². The van der Waals surface area contributed by atoms with Crippen LogP contribution in [-0.4, -0.2) is 7.05 Å². The van der Waals surface area contributed by atoms with Crippen molar-refractivity contribution in [3.63, 3.8) is 0 Å². The van der Waals surface area contributed by atoms with Crippen molar-refractivity contribution >= 4 is 39.5 Å². The van der Waals surface area contributed by atoms with Crippen LogP contribution in [0.4, 0.5) is 5.00 Å². The summed E-state index contributed by atoms with van der Waals surface area (Å²) in [7, 11) is 1.83. The highest BCUT2D eigenvalue weighted by atomic mass is 35.5. The predicted molar refractivity (Wildman–Crippen MR) is 43.9 cm³/mol.